The predicted molar refractivity (Wildman–Crippen MR) is 236 cm³/mol. The maximum absolute atomic E-state index is 12.4. The van der Waals surface area contributed by atoms with Crippen molar-refractivity contribution < 1.29 is 55.5 Å². The number of anilines is 1. The number of ether oxygens (including phenoxy) is 5. The third-order valence-corrected chi connectivity index (χ3v) is 12.1. The highest BCUT2D eigenvalue weighted by molar-refractivity contribution is 7.85. The largest absolute Gasteiger partial charge is 0.456 e. The summed E-state index contributed by atoms with van der Waals surface area (Å²) in [5.41, 5.74) is 3.73. The smallest absolute Gasteiger partial charge is 0.306 e. The van der Waals surface area contributed by atoms with E-state index in [9.17, 15) is 27.4 Å². The molecule has 5 rings (SSSR count). The number of rotatable bonds is 22. The Kier molecular flexibility index (Phi) is 17.0. The highest BCUT2D eigenvalue weighted by atomic mass is 32.2. The minimum absolute atomic E-state index is 0.0836. The quantitative estimate of drug-likeness (QED) is 0.0403. The van der Waals surface area contributed by atoms with Gasteiger partial charge in [-0.25, -0.2) is 4.58 Å². The topological polar surface area (TPSA) is 171 Å². The molecule has 1 saturated carbocycles. The molecule has 1 aromatic rings. The summed E-state index contributed by atoms with van der Waals surface area (Å²) in [7, 11) is -1.15. The van der Waals surface area contributed by atoms with Crippen LogP contribution in [0.3, 0.4) is 0 Å². The molecule has 1 N–H and O–H groups in total. The van der Waals surface area contributed by atoms with E-state index in [4.69, 9.17) is 28.1 Å². The van der Waals surface area contributed by atoms with Crippen molar-refractivity contribution in [1.29, 1.82) is 0 Å². The van der Waals surface area contributed by atoms with Gasteiger partial charge in [-0.1, -0.05) is 47.1 Å². The van der Waals surface area contributed by atoms with Crippen LogP contribution < -0.4 is 14.8 Å². The maximum Gasteiger partial charge on any atom is 0.306 e. The van der Waals surface area contributed by atoms with Crippen molar-refractivity contribution in [2.24, 2.45) is 0 Å². The second-order valence-electron chi connectivity index (χ2n) is 17.1. The number of hydrogen-bond acceptors (Lipinski definition) is 12. The zero-order valence-electron chi connectivity index (χ0n) is 37.2. The molecule has 2 aliphatic heterocycles. The summed E-state index contributed by atoms with van der Waals surface area (Å²) in [4.78, 5) is 38.2. The van der Waals surface area contributed by atoms with Gasteiger partial charge in [0.2, 0.25) is 11.5 Å². The summed E-state index contributed by atoms with van der Waals surface area (Å²) in [6, 6.07) is 13.0. The van der Waals surface area contributed by atoms with E-state index in [0.717, 1.165) is 39.2 Å². The first-order valence-corrected chi connectivity index (χ1v) is 22.7. The van der Waals surface area contributed by atoms with E-state index in [1.54, 1.807) is 20.3 Å². The van der Waals surface area contributed by atoms with Crippen molar-refractivity contribution in [3.8, 4) is 11.3 Å². The third-order valence-electron chi connectivity index (χ3n) is 11.2. The van der Waals surface area contributed by atoms with Crippen molar-refractivity contribution in [2.75, 3.05) is 78.4 Å². The van der Waals surface area contributed by atoms with Crippen LogP contribution in [-0.2, 0) is 59.0 Å². The van der Waals surface area contributed by atoms with Gasteiger partial charge in [-0.2, -0.15) is 8.42 Å². The van der Waals surface area contributed by atoms with Crippen molar-refractivity contribution in [3.05, 3.63) is 82.6 Å². The zero-order valence-corrected chi connectivity index (χ0v) is 38.0. The van der Waals surface area contributed by atoms with E-state index in [-0.39, 0.29) is 41.1 Å². The molecule has 2 heterocycles. The number of allylic oxidation sites excluding steroid dienone is 3. The molecule has 0 amide bonds. The highest BCUT2D eigenvalue weighted by Gasteiger charge is 2.40. The number of esters is 1. The molecule has 338 valence electrons. The Hall–Kier alpha value is -4.51. The molecule has 15 heteroatoms. The molecule has 0 atom stereocenters. The lowest BCUT2D eigenvalue weighted by atomic mass is 9.82. The van der Waals surface area contributed by atoms with Crippen LogP contribution in [0.1, 0.15) is 90.0 Å². The van der Waals surface area contributed by atoms with Gasteiger partial charge in [0.1, 0.15) is 24.7 Å². The van der Waals surface area contributed by atoms with Gasteiger partial charge in [-0.15, -0.1) is 0 Å². The Balaban J connectivity index is 1.43. The van der Waals surface area contributed by atoms with Gasteiger partial charge in [0.15, 0.2) is 24.7 Å². The van der Waals surface area contributed by atoms with Gasteiger partial charge >= 0.3 is 5.97 Å². The molecule has 1 fully saturated rings. The van der Waals surface area contributed by atoms with E-state index in [1.165, 1.54) is 12.1 Å². The van der Waals surface area contributed by atoms with Crippen LogP contribution in [0, 0.1) is 0 Å². The van der Waals surface area contributed by atoms with Crippen LogP contribution in [0.5, 0.6) is 0 Å². The van der Waals surface area contributed by atoms with E-state index < -0.39 is 27.6 Å². The molecule has 4 aliphatic rings. The Morgan fingerprint density at radius 1 is 0.903 bits per heavy atom. The van der Waals surface area contributed by atoms with Crippen molar-refractivity contribution in [3.63, 3.8) is 0 Å². The van der Waals surface area contributed by atoms with Crippen LogP contribution in [0.2, 0.25) is 0 Å². The number of fused-ring (bicyclic) bond motifs is 2. The number of benzene rings is 2. The summed E-state index contributed by atoms with van der Waals surface area (Å²) >= 11 is 0. The summed E-state index contributed by atoms with van der Waals surface area (Å²) in [6.07, 6.45) is 6.73. The first-order valence-electron chi connectivity index (χ1n) is 21.3. The van der Waals surface area contributed by atoms with Crippen LogP contribution in [-0.4, -0.2) is 110 Å². The molecule has 0 bridgehead atoms. The standard InChI is InChI=1S/C47H62N2O12S/c1-46(2,3)37-31-34(60-42-30-33(15-17-36(37)42)48(22-24-58-28-26-56-6)23-25-59-29-27-57-7)12-11-13-43-47(4,5)38-32-35(62(53,54)55)16-18-39(38)49(43)21-10-8-9-14-44(52)61-45-40(50)19-20-41(45)51/h11-13,15-18,30-32,45H,8-10,14,19-29H2,1-7H3/p+1. The Labute approximate surface area is 365 Å². The number of nitrogens with zero attached hydrogens (tertiary/aromatic N) is 2. The second kappa shape index (κ2) is 21.7. The molecule has 1 aromatic carbocycles. The second-order valence-corrected chi connectivity index (χ2v) is 18.6. The van der Waals surface area contributed by atoms with E-state index in [0.29, 0.717) is 84.3 Å². The van der Waals surface area contributed by atoms with Crippen molar-refractivity contribution in [1.82, 2.24) is 4.58 Å². The average molecular weight is 880 g/mol. The molecule has 14 nitrogen and oxygen atoms in total. The number of methoxy groups -OCH3 is 2. The summed E-state index contributed by atoms with van der Waals surface area (Å²) in [6.45, 7) is 15.4. The maximum atomic E-state index is 12.4. The third kappa shape index (κ3) is 12.6. The van der Waals surface area contributed by atoms with Gasteiger partial charge in [-0.05, 0) is 71.9 Å². The molecule has 0 aromatic heterocycles. The highest BCUT2D eigenvalue weighted by Crippen LogP contribution is 2.48. The van der Waals surface area contributed by atoms with Crippen molar-refractivity contribution >= 4 is 39.4 Å². The van der Waals surface area contributed by atoms with E-state index in [2.05, 4.69) is 54.5 Å². The number of unbranched alkanes of at least 4 members (excludes halogenated alkanes) is 2. The van der Waals surface area contributed by atoms with Gasteiger partial charge in [-0.3, -0.25) is 18.9 Å². The van der Waals surface area contributed by atoms with Crippen LogP contribution in [0.25, 0.3) is 17.4 Å². The van der Waals surface area contributed by atoms with Gasteiger partial charge in [0.25, 0.3) is 10.1 Å². The Bertz CT molecular complexity index is 2240. The fourth-order valence-electron chi connectivity index (χ4n) is 7.82. The number of hydrogen-bond donors (Lipinski definition) is 1. The molecule has 0 saturated heterocycles. The van der Waals surface area contributed by atoms with Crippen molar-refractivity contribution in [2.45, 2.75) is 95.0 Å². The predicted octanol–water partition coefficient (Wildman–Crippen LogP) is 6.13. The van der Waals surface area contributed by atoms with E-state index in [1.807, 2.05) is 32.1 Å². The Morgan fingerprint density at radius 3 is 2.18 bits per heavy atom. The molecular weight excluding hydrogens is 817 g/mol. The molecule has 0 unspecified atom stereocenters. The normalized spacial score (nSPS) is 16.3. The first kappa shape index (κ1) is 48.5. The van der Waals surface area contributed by atoms with Crippen LogP contribution in [0.4, 0.5) is 5.69 Å². The summed E-state index contributed by atoms with van der Waals surface area (Å²) in [5, 5.41) is 0.969. The molecule has 2 aliphatic carbocycles. The lowest BCUT2D eigenvalue weighted by molar-refractivity contribution is -0.157. The monoisotopic (exact) mass is 879 g/mol. The lowest BCUT2D eigenvalue weighted by Gasteiger charge is -2.27. The SMILES string of the molecule is COCCOCC[N+](CCOCCOC)=c1ccc2c(C(C)(C)C)cc(C=CC=C3N(CCCCCC(=O)OC4C(=O)CCC4=O)c4ccc(S(=O)(=O)O)cc4C3(C)C)oc-2c1. The zero-order chi connectivity index (χ0) is 45.1. The first-order chi connectivity index (χ1) is 29.4. The number of ketones is 2. The van der Waals surface area contributed by atoms with Gasteiger partial charge < -0.3 is 33.0 Å². The summed E-state index contributed by atoms with van der Waals surface area (Å²) < 4.78 is 70.2. The molecule has 0 radical (unpaired) electrons. The minimum Gasteiger partial charge on any atom is -0.456 e. The van der Waals surface area contributed by atoms with Gasteiger partial charge in [0.05, 0.1) is 37.4 Å². The van der Waals surface area contributed by atoms with E-state index >= 15 is 0 Å². The van der Waals surface area contributed by atoms with Gasteiger partial charge in [0, 0.05) is 68.5 Å². The fraction of sp³-hybridized carbons (Fsp3) is 0.532. The molecular formula is C47H63N2O12S+. The van der Waals surface area contributed by atoms with Crippen LogP contribution >= 0.6 is 0 Å². The number of carbonyl (C=O) groups excluding carboxylic acids is 3. The molecule has 0 spiro atoms. The van der Waals surface area contributed by atoms with Crippen LogP contribution in [0.15, 0.2) is 69.6 Å². The minimum atomic E-state index is -4.45. The fourth-order valence-corrected chi connectivity index (χ4v) is 8.32. The lowest BCUT2D eigenvalue weighted by Crippen LogP contribution is -2.36. The Morgan fingerprint density at radius 2 is 1.56 bits per heavy atom. The number of carbonyl (C=O) groups is 3. The summed E-state index contributed by atoms with van der Waals surface area (Å²) in [5.74, 6) is 0.109. The number of Topliss-reactive ketones (excluding diaryl/α,β-unsaturated/α-hetero) is 2. The average Bonchev–Trinajstić information content (AvgIpc) is 3.64. The molecule has 62 heavy (non-hydrogen) atoms.